The summed E-state index contributed by atoms with van der Waals surface area (Å²) in [6.45, 7) is 2.72. The Labute approximate surface area is 117 Å². The van der Waals surface area contributed by atoms with E-state index in [1.165, 1.54) is 6.07 Å². The molecule has 2 heterocycles. The SMILES string of the molecule is CC1(c2nc(-c3ccccc3)cc(=O)[nH]2)CCCCO1. The van der Waals surface area contributed by atoms with Gasteiger partial charge in [0, 0.05) is 18.2 Å². The first-order chi connectivity index (χ1) is 9.67. The lowest BCUT2D eigenvalue weighted by atomic mass is 9.95. The van der Waals surface area contributed by atoms with Crippen molar-refractivity contribution in [3.8, 4) is 11.3 Å². The van der Waals surface area contributed by atoms with Gasteiger partial charge in [-0.2, -0.15) is 0 Å². The third-order valence-electron chi connectivity index (χ3n) is 3.78. The molecule has 1 aliphatic heterocycles. The first-order valence-corrected chi connectivity index (χ1v) is 6.99. The van der Waals surface area contributed by atoms with E-state index in [1.807, 2.05) is 37.3 Å². The van der Waals surface area contributed by atoms with Crippen molar-refractivity contribution in [3.63, 3.8) is 0 Å². The van der Waals surface area contributed by atoms with Crippen molar-refractivity contribution in [1.82, 2.24) is 9.97 Å². The highest BCUT2D eigenvalue weighted by Gasteiger charge is 2.32. The maximum absolute atomic E-state index is 11.9. The predicted molar refractivity (Wildman–Crippen MR) is 77.4 cm³/mol. The van der Waals surface area contributed by atoms with Gasteiger partial charge >= 0.3 is 0 Å². The molecule has 1 fully saturated rings. The van der Waals surface area contributed by atoms with Crippen molar-refractivity contribution < 1.29 is 4.74 Å². The summed E-state index contributed by atoms with van der Waals surface area (Å²) in [7, 11) is 0. The molecule has 1 aliphatic rings. The number of aromatic nitrogens is 2. The van der Waals surface area contributed by atoms with E-state index in [1.54, 1.807) is 0 Å². The van der Waals surface area contributed by atoms with Gasteiger partial charge in [0.05, 0.1) is 5.69 Å². The van der Waals surface area contributed by atoms with E-state index in [-0.39, 0.29) is 5.56 Å². The fourth-order valence-corrected chi connectivity index (χ4v) is 2.59. The van der Waals surface area contributed by atoms with Crippen LogP contribution in [0.5, 0.6) is 0 Å². The molecule has 1 atom stereocenters. The summed E-state index contributed by atoms with van der Waals surface area (Å²) in [5.41, 5.74) is 1.02. The number of nitrogens with one attached hydrogen (secondary N) is 1. The fourth-order valence-electron chi connectivity index (χ4n) is 2.59. The number of aromatic amines is 1. The number of H-pyrrole nitrogens is 1. The van der Waals surface area contributed by atoms with Crippen LogP contribution in [0.3, 0.4) is 0 Å². The van der Waals surface area contributed by atoms with Gasteiger partial charge in [0.1, 0.15) is 11.4 Å². The number of nitrogens with zero attached hydrogens (tertiary/aromatic N) is 1. The molecule has 4 heteroatoms. The summed E-state index contributed by atoms with van der Waals surface area (Å²) in [4.78, 5) is 19.4. The lowest BCUT2D eigenvalue weighted by Gasteiger charge is -2.32. The number of benzene rings is 1. The van der Waals surface area contributed by atoms with Gasteiger partial charge in [-0.3, -0.25) is 4.79 Å². The van der Waals surface area contributed by atoms with Crippen molar-refractivity contribution >= 4 is 0 Å². The van der Waals surface area contributed by atoms with Crippen LogP contribution in [0.15, 0.2) is 41.2 Å². The normalized spacial score (nSPS) is 22.6. The van der Waals surface area contributed by atoms with Crippen LogP contribution in [0.4, 0.5) is 0 Å². The zero-order valence-electron chi connectivity index (χ0n) is 11.6. The molecule has 2 aromatic rings. The van der Waals surface area contributed by atoms with Crippen LogP contribution in [0.2, 0.25) is 0 Å². The monoisotopic (exact) mass is 270 g/mol. The van der Waals surface area contributed by atoms with Gasteiger partial charge < -0.3 is 9.72 Å². The molecule has 0 saturated carbocycles. The maximum atomic E-state index is 11.9. The molecular formula is C16H18N2O2. The first-order valence-electron chi connectivity index (χ1n) is 6.99. The molecule has 1 N–H and O–H groups in total. The van der Waals surface area contributed by atoms with Gasteiger partial charge in [0.2, 0.25) is 0 Å². The van der Waals surface area contributed by atoms with Gasteiger partial charge in [-0.05, 0) is 26.2 Å². The summed E-state index contributed by atoms with van der Waals surface area (Å²) in [6, 6.07) is 11.3. The molecule has 3 rings (SSSR count). The van der Waals surface area contributed by atoms with E-state index in [2.05, 4.69) is 9.97 Å². The number of rotatable bonds is 2. The highest BCUT2D eigenvalue weighted by molar-refractivity contribution is 5.58. The molecule has 20 heavy (non-hydrogen) atoms. The Morgan fingerprint density at radius 1 is 1.25 bits per heavy atom. The molecule has 0 spiro atoms. The lowest BCUT2D eigenvalue weighted by molar-refractivity contribution is -0.0761. The summed E-state index contributed by atoms with van der Waals surface area (Å²) in [6.07, 6.45) is 3.04. The Hall–Kier alpha value is -1.94. The summed E-state index contributed by atoms with van der Waals surface area (Å²) >= 11 is 0. The second-order valence-electron chi connectivity index (χ2n) is 5.38. The third-order valence-corrected chi connectivity index (χ3v) is 3.78. The van der Waals surface area contributed by atoms with Crippen molar-refractivity contribution in [1.29, 1.82) is 0 Å². The molecule has 4 nitrogen and oxygen atoms in total. The van der Waals surface area contributed by atoms with Gasteiger partial charge in [-0.1, -0.05) is 30.3 Å². The average molecular weight is 270 g/mol. The Bertz CT molecular complexity index is 643. The van der Waals surface area contributed by atoms with Crippen LogP contribution in [0, 0.1) is 0 Å². The van der Waals surface area contributed by atoms with Crippen LogP contribution >= 0.6 is 0 Å². The van der Waals surface area contributed by atoms with Crippen molar-refractivity contribution in [2.24, 2.45) is 0 Å². The van der Waals surface area contributed by atoms with E-state index in [0.29, 0.717) is 11.5 Å². The third kappa shape index (κ3) is 2.51. The van der Waals surface area contributed by atoms with Crippen LogP contribution < -0.4 is 5.56 Å². The van der Waals surface area contributed by atoms with Crippen LogP contribution in [-0.2, 0) is 10.3 Å². The zero-order valence-corrected chi connectivity index (χ0v) is 11.6. The van der Waals surface area contributed by atoms with E-state index in [4.69, 9.17) is 4.74 Å². The number of hydrogen-bond acceptors (Lipinski definition) is 3. The van der Waals surface area contributed by atoms with Crippen molar-refractivity contribution in [3.05, 3.63) is 52.6 Å². The quantitative estimate of drug-likeness (QED) is 0.913. The fraction of sp³-hybridized carbons (Fsp3) is 0.375. The Balaban J connectivity index is 2.05. The second kappa shape index (κ2) is 5.21. The predicted octanol–water partition coefficient (Wildman–Crippen LogP) is 2.85. The average Bonchev–Trinajstić information content (AvgIpc) is 2.48. The Morgan fingerprint density at radius 3 is 2.75 bits per heavy atom. The van der Waals surface area contributed by atoms with Crippen LogP contribution in [0.25, 0.3) is 11.3 Å². The maximum Gasteiger partial charge on any atom is 0.251 e. The van der Waals surface area contributed by atoms with Gasteiger partial charge in [0.15, 0.2) is 0 Å². The van der Waals surface area contributed by atoms with Gasteiger partial charge in [-0.25, -0.2) is 4.98 Å². The molecule has 0 amide bonds. The van der Waals surface area contributed by atoms with E-state index in [9.17, 15) is 4.79 Å². The first kappa shape index (κ1) is 13.1. The van der Waals surface area contributed by atoms with Crippen LogP contribution in [-0.4, -0.2) is 16.6 Å². The summed E-state index contributed by atoms with van der Waals surface area (Å²) in [5, 5.41) is 0. The van der Waals surface area contributed by atoms with Crippen molar-refractivity contribution in [2.45, 2.75) is 31.8 Å². The Kier molecular flexibility index (Phi) is 3.40. The molecule has 104 valence electrons. The highest BCUT2D eigenvalue weighted by atomic mass is 16.5. The largest absolute Gasteiger partial charge is 0.367 e. The standard InChI is InChI=1S/C16H18N2O2/c1-16(9-5-6-10-20-16)15-17-13(11-14(19)18-15)12-7-3-2-4-8-12/h2-4,7-8,11H,5-6,9-10H2,1H3,(H,17,18,19). The molecule has 1 aromatic carbocycles. The summed E-state index contributed by atoms with van der Waals surface area (Å²) in [5.74, 6) is 0.628. The van der Waals surface area contributed by atoms with Crippen molar-refractivity contribution in [2.75, 3.05) is 6.61 Å². The number of ether oxygens (including phenoxy) is 1. The minimum absolute atomic E-state index is 0.135. The molecule has 0 bridgehead atoms. The molecular weight excluding hydrogens is 252 g/mol. The minimum Gasteiger partial charge on any atom is -0.367 e. The highest BCUT2D eigenvalue weighted by Crippen LogP contribution is 2.32. The lowest BCUT2D eigenvalue weighted by Crippen LogP contribution is -2.34. The zero-order chi connectivity index (χ0) is 14.0. The molecule has 0 radical (unpaired) electrons. The topological polar surface area (TPSA) is 55.0 Å². The summed E-state index contributed by atoms with van der Waals surface area (Å²) < 4.78 is 5.86. The van der Waals surface area contributed by atoms with Crippen LogP contribution in [0.1, 0.15) is 32.0 Å². The minimum atomic E-state index is -0.484. The molecule has 1 saturated heterocycles. The van der Waals surface area contributed by atoms with Gasteiger partial charge in [0.25, 0.3) is 5.56 Å². The number of hydrogen-bond donors (Lipinski definition) is 1. The second-order valence-corrected chi connectivity index (χ2v) is 5.38. The molecule has 1 unspecified atom stereocenters. The van der Waals surface area contributed by atoms with E-state index >= 15 is 0 Å². The van der Waals surface area contributed by atoms with E-state index in [0.717, 1.165) is 31.4 Å². The molecule has 0 aliphatic carbocycles. The van der Waals surface area contributed by atoms with Gasteiger partial charge in [-0.15, -0.1) is 0 Å². The molecule has 1 aromatic heterocycles. The smallest absolute Gasteiger partial charge is 0.251 e. The Morgan fingerprint density at radius 2 is 2.05 bits per heavy atom. The van der Waals surface area contributed by atoms with E-state index < -0.39 is 5.60 Å².